The van der Waals surface area contributed by atoms with Gasteiger partial charge in [0.25, 0.3) is 0 Å². The van der Waals surface area contributed by atoms with Crippen LogP contribution < -0.4 is 10.6 Å². The average molecular weight is 678 g/mol. The molecule has 0 saturated heterocycles. The van der Waals surface area contributed by atoms with Gasteiger partial charge in [-0.05, 0) is 79.3 Å². The van der Waals surface area contributed by atoms with Crippen LogP contribution in [0.2, 0.25) is 0 Å². The van der Waals surface area contributed by atoms with Crippen LogP contribution in [0.3, 0.4) is 0 Å². The fraction of sp³-hybridized carbons (Fsp3) is 0.0400. The molecule has 11 rings (SSSR count). The van der Waals surface area contributed by atoms with E-state index in [1.54, 1.807) is 0 Å². The summed E-state index contributed by atoms with van der Waals surface area (Å²) >= 11 is 0. The predicted octanol–water partition coefficient (Wildman–Crippen LogP) is 12.4. The van der Waals surface area contributed by atoms with Gasteiger partial charge in [-0.15, -0.1) is 0 Å². The molecule has 9 aromatic carbocycles. The van der Waals surface area contributed by atoms with Crippen LogP contribution in [0.15, 0.2) is 188 Å². The number of para-hydroxylation sites is 1. The molecule has 0 spiro atoms. The van der Waals surface area contributed by atoms with Crippen molar-refractivity contribution in [1.82, 2.24) is 15.2 Å². The van der Waals surface area contributed by atoms with Crippen LogP contribution in [-0.2, 0) is 0 Å². The van der Waals surface area contributed by atoms with Crippen LogP contribution >= 0.6 is 0 Å². The van der Waals surface area contributed by atoms with E-state index < -0.39 is 0 Å². The maximum Gasteiger partial charge on any atom is 0.104 e. The highest BCUT2D eigenvalue weighted by Gasteiger charge is 2.26. The normalized spacial score (nSPS) is 16.1. The summed E-state index contributed by atoms with van der Waals surface area (Å²) in [5, 5.41) is 20.6. The Balaban J connectivity index is 1.12. The molecule has 3 nitrogen and oxygen atoms in total. The molecular weight excluding hydrogens is 643 g/mol. The van der Waals surface area contributed by atoms with E-state index in [0.717, 1.165) is 11.4 Å². The predicted molar refractivity (Wildman–Crippen MR) is 223 cm³/mol. The minimum atomic E-state index is -0.124. The Morgan fingerprint density at radius 1 is 0.434 bits per heavy atom. The monoisotopic (exact) mass is 677 g/mol. The van der Waals surface area contributed by atoms with Crippen LogP contribution in [0.1, 0.15) is 28.9 Å². The minimum absolute atomic E-state index is 0.0319. The summed E-state index contributed by atoms with van der Waals surface area (Å²) < 4.78 is 2.50. The second kappa shape index (κ2) is 11.9. The zero-order valence-electron chi connectivity index (χ0n) is 29.0. The lowest BCUT2D eigenvalue weighted by Gasteiger charge is -2.33. The van der Waals surface area contributed by atoms with Crippen molar-refractivity contribution in [3.63, 3.8) is 0 Å². The number of rotatable bonds is 4. The molecule has 2 atom stereocenters. The molecule has 10 aromatic rings. The first-order valence-electron chi connectivity index (χ1n) is 18.4. The van der Waals surface area contributed by atoms with Crippen molar-refractivity contribution in [2.75, 3.05) is 0 Å². The molecule has 0 fully saturated rings. The van der Waals surface area contributed by atoms with Gasteiger partial charge in [-0.3, -0.25) is 5.32 Å². The van der Waals surface area contributed by atoms with Gasteiger partial charge in [0.15, 0.2) is 0 Å². The molecule has 1 aliphatic rings. The SMILES string of the molecule is C1=C(c2ccc3ccccc3c2)NC(c2cccc(-n3c4ccccc4c4c5c6ccccc6ccc5c5ccccc5c43)c2)NC1c1ccccc1. The highest BCUT2D eigenvalue weighted by Crippen LogP contribution is 2.45. The number of benzene rings is 9. The lowest BCUT2D eigenvalue weighted by molar-refractivity contribution is 0.442. The Hall–Kier alpha value is -6.68. The summed E-state index contributed by atoms with van der Waals surface area (Å²) in [7, 11) is 0. The lowest BCUT2D eigenvalue weighted by Crippen LogP contribution is -2.39. The highest BCUT2D eigenvalue weighted by molar-refractivity contribution is 6.36. The van der Waals surface area contributed by atoms with Crippen molar-refractivity contribution in [2.24, 2.45) is 0 Å². The third-order valence-electron chi connectivity index (χ3n) is 11.2. The van der Waals surface area contributed by atoms with E-state index in [9.17, 15) is 0 Å². The van der Waals surface area contributed by atoms with Gasteiger partial charge in [0.1, 0.15) is 6.17 Å². The number of aromatic nitrogens is 1. The van der Waals surface area contributed by atoms with E-state index in [0.29, 0.717) is 0 Å². The smallest absolute Gasteiger partial charge is 0.104 e. The molecule has 250 valence electrons. The highest BCUT2D eigenvalue weighted by atomic mass is 15.2. The van der Waals surface area contributed by atoms with Crippen LogP contribution in [0.25, 0.3) is 76.3 Å². The van der Waals surface area contributed by atoms with Crippen molar-refractivity contribution >= 4 is 70.6 Å². The Morgan fingerprint density at radius 3 is 1.98 bits per heavy atom. The third kappa shape index (κ3) is 4.78. The first kappa shape index (κ1) is 30.0. The van der Waals surface area contributed by atoms with Crippen molar-refractivity contribution in [3.8, 4) is 5.69 Å². The zero-order valence-corrected chi connectivity index (χ0v) is 29.0. The summed E-state index contributed by atoms with van der Waals surface area (Å²) in [6.07, 6.45) is 2.20. The molecular formula is C50H35N3. The third-order valence-corrected chi connectivity index (χ3v) is 11.2. The molecule has 0 radical (unpaired) electrons. The Kier molecular flexibility index (Phi) is 6.76. The van der Waals surface area contributed by atoms with E-state index in [1.807, 2.05) is 0 Å². The maximum absolute atomic E-state index is 3.95. The summed E-state index contributed by atoms with van der Waals surface area (Å²) in [5.41, 5.74) is 8.30. The van der Waals surface area contributed by atoms with Crippen molar-refractivity contribution < 1.29 is 0 Å². The van der Waals surface area contributed by atoms with Crippen LogP contribution in [-0.4, -0.2) is 4.57 Å². The van der Waals surface area contributed by atoms with Crippen molar-refractivity contribution in [3.05, 3.63) is 205 Å². The van der Waals surface area contributed by atoms with Gasteiger partial charge in [0.05, 0.1) is 17.1 Å². The largest absolute Gasteiger partial charge is 0.366 e. The molecule has 3 heteroatoms. The number of nitrogens with one attached hydrogen (secondary N) is 2. The Labute approximate surface area is 307 Å². The number of fused-ring (bicyclic) bond motifs is 11. The molecule has 0 bridgehead atoms. The van der Waals surface area contributed by atoms with E-state index in [2.05, 4.69) is 203 Å². The Bertz CT molecular complexity index is 3080. The molecule has 1 aromatic heterocycles. The molecule has 0 saturated carbocycles. The summed E-state index contributed by atoms with van der Waals surface area (Å²) in [5.74, 6) is 0. The molecule has 2 N–H and O–H groups in total. The summed E-state index contributed by atoms with van der Waals surface area (Å²) in [6.45, 7) is 0. The summed E-state index contributed by atoms with van der Waals surface area (Å²) in [4.78, 5) is 0. The van der Waals surface area contributed by atoms with Crippen LogP contribution in [0.4, 0.5) is 0 Å². The van der Waals surface area contributed by atoms with Gasteiger partial charge in [0.2, 0.25) is 0 Å². The van der Waals surface area contributed by atoms with Crippen LogP contribution in [0, 0.1) is 0 Å². The first-order valence-corrected chi connectivity index (χ1v) is 18.4. The van der Waals surface area contributed by atoms with Crippen molar-refractivity contribution in [1.29, 1.82) is 0 Å². The quantitative estimate of drug-likeness (QED) is 0.182. The van der Waals surface area contributed by atoms with Gasteiger partial charge < -0.3 is 9.88 Å². The number of hydrogen-bond donors (Lipinski definition) is 2. The van der Waals surface area contributed by atoms with E-state index in [1.165, 1.54) is 81.6 Å². The zero-order chi connectivity index (χ0) is 34.9. The fourth-order valence-electron chi connectivity index (χ4n) is 8.76. The second-order valence-electron chi connectivity index (χ2n) is 14.2. The van der Waals surface area contributed by atoms with E-state index in [4.69, 9.17) is 0 Å². The first-order chi connectivity index (χ1) is 26.3. The average Bonchev–Trinajstić information content (AvgIpc) is 3.59. The van der Waals surface area contributed by atoms with Crippen LogP contribution in [0.5, 0.6) is 0 Å². The Morgan fingerprint density at radius 2 is 1.11 bits per heavy atom. The molecule has 0 amide bonds. The molecule has 2 heterocycles. The van der Waals surface area contributed by atoms with Gasteiger partial charge in [-0.25, -0.2) is 0 Å². The summed E-state index contributed by atoms with van der Waals surface area (Å²) in [6, 6.07) is 66.4. The van der Waals surface area contributed by atoms with E-state index >= 15 is 0 Å². The molecule has 2 unspecified atom stereocenters. The maximum atomic E-state index is 3.95. The lowest BCUT2D eigenvalue weighted by atomic mass is 9.93. The van der Waals surface area contributed by atoms with Gasteiger partial charge >= 0.3 is 0 Å². The fourth-order valence-corrected chi connectivity index (χ4v) is 8.76. The molecule has 53 heavy (non-hydrogen) atoms. The van der Waals surface area contributed by atoms with Gasteiger partial charge in [0, 0.05) is 32.9 Å². The van der Waals surface area contributed by atoms with Gasteiger partial charge in [-0.1, -0.05) is 158 Å². The van der Waals surface area contributed by atoms with E-state index in [-0.39, 0.29) is 12.2 Å². The number of hydrogen-bond acceptors (Lipinski definition) is 2. The standard InChI is InChI=1S/C50H35N3/c1-2-15-34(16-3-1)44-31-45(36-26-25-32-13-4-5-17-35(32)29-36)52-50(51-44)37-18-12-19-38(30-37)53-46-24-11-10-23-43(46)48-47-39-20-7-6-14-33(39)27-28-41(47)40-21-8-9-22-42(40)49(48)53/h1-31,44,50-52H. The second-order valence-corrected chi connectivity index (χ2v) is 14.2. The minimum Gasteiger partial charge on any atom is -0.366 e. The molecule has 0 aliphatic carbocycles. The van der Waals surface area contributed by atoms with Gasteiger partial charge in [-0.2, -0.15) is 0 Å². The van der Waals surface area contributed by atoms with Crippen molar-refractivity contribution in [2.45, 2.75) is 12.2 Å². The number of nitrogens with zero attached hydrogens (tertiary/aromatic N) is 1. The topological polar surface area (TPSA) is 29.0 Å². The molecule has 1 aliphatic heterocycles.